The molecule has 2 N–H and O–H groups in total. The molecule has 9 nitrogen and oxygen atoms in total. The molecular weight excluding hydrogens is 559 g/mol. The third-order valence-corrected chi connectivity index (χ3v) is 8.72. The molecule has 1 atom stereocenters. The summed E-state index contributed by atoms with van der Waals surface area (Å²) in [5.74, 6) is 0.107. The second-order valence-corrected chi connectivity index (χ2v) is 12.4. The number of amides is 2. The van der Waals surface area contributed by atoms with Crippen molar-refractivity contribution in [3.63, 3.8) is 0 Å². The number of H-pyrrole nitrogens is 1. The van der Waals surface area contributed by atoms with Crippen LogP contribution < -0.4 is 5.32 Å². The Kier molecular flexibility index (Phi) is 8.15. The number of aliphatic imine (C=N–C) groups is 1. The minimum atomic E-state index is -4.54. The Hall–Kier alpha value is -4.09. The summed E-state index contributed by atoms with van der Waals surface area (Å²) in [5.41, 5.74) is -0.0973. The molecule has 3 aromatic rings. The Balaban J connectivity index is 1.46. The summed E-state index contributed by atoms with van der Waals surface area (Å²) in [6.07, 6.45) is -1.03. The van der Waals surface area contributed by atoms with Crippen LogP contribution in [0.2, 0.25) is 0 Å². The number of aromatic amines is 1. The number of carbonyl (C=O) groups is 2. The number of aromatic nitrogens is 4. The van der Waals surface area contributed by atoms with Crippen molar-refractivity contribution in [1.82, 2.24) is 30.8 Å². The van der Waals surface area contributed by atoms with Gasteiger partial charge in [0, 0.05) is 11.1 Å². The smallest absolute Gasteiger partial charge is 0.345 e. The maximum Gasteiger partial charge on any atom is 0.416 e. The second kappa shape index (κ2) is 11.5. The third-order valence-electron chi connectivity index (χ3n) is 8.72. The van der Waals surface area contributed by atoms with Gasteiger partial charge in [-0.1, -0.05) is 57.2 Å². The van der Waals surface area contributed by atoms with E-state index in [1.54, 1.807) is 17.0 Å². The van der Waals surface area contributed by atoms with Crippen LogP contribution in [0, 0.1) is 11.3 Å². The van der Waals surface area contributed by atoms with Crippen molar-refractivity contribution in [2.75, 3.05) is 0 Å². The van der Waals surface area contributed by atoms with Crippen molar-refractivity contribution in [3.8, 4) is 0 Å². The first-order valence-electron chi connectivity index (χ1n) is 14.5. The van der Waals surface area contributed by atoms with Crippen LogP contribution in [0.1, 0.15) is 98.7 Å². The summed E-state index contributed by atoms with van der Waals surface area (Å²) < 4.78 is 40.7. The fraction of sp³-hybridized carbons (Fsp3) is 0.484. The van der Waals surface area contributed by atoms with Gasteiger partial charge in [0.05, 0.1) is 18.2 Å². The number of nitrogens with zero attached hydrogens (tertiary/aromatic N) is 5. The van der Waals surface area contributed by atoms with Gasteiger partial charge in [0.15, 0.2) is 5.82 Å². The van der Waals surface area contributed by atoms with Crippen LogP contribution in [0.5, 0.6) is 0 Å². The largest absolute Gasteiger partial charge is 0.416 e. The van der Waals surface area contributed by atoms with Gasteiger partial charge < -0.3 is 10.2 Å². The number of hydrogen-bond donors (Lipinski definition) is 2. The van der Waals surface area contributed by atoms with Crippen LogP contribution in [0.4, 0.5) is 13.2 Å². The van der Waals surface area contributed by atoms with Crippen molar-refractivity contribution in [3.05, 3.63) is 76.6 Å². The predicted octanol–water partition coefficient (Wildman–Crippen LogP) is 5.86. The molecule has 1 aromatic heterocycles. The van der Waals surface area contributed by atoms with E-state index in [-0.39, 0.29) is 41.1 Å². The number of halogens is 3. The van der Waals surface area contributed by atoms with Crippen LogP contribution in [0.3, 0.4) is 0 Å². The van der Waals surface area contributed by atoms with Gasteiger partial charge in [0.25, 0.3) is 11.8 Å². The van der Waals surface area contributed by atoms with Gasteiger partial charge in [-0.05, 0) is 73.3 Å². The highest BCUT2D eigenvalue weighted by Crippen LogP contribution is 2.49. The van der Waals surface area contributed by atoms with Gasteiger partial charge in [0.2, 0.25) is 0 Å². The monoisotopic (exact) mass is 595 g/mol. The maximum absolute atomic E-state index is 14.2. The van der Waals surface area contributed by atoms with Crippen molar-refractivity contribution >= 4 is 17.5 Å². The second-order valence-electron chi connectivity index (χ2n) is 12.4. The molecule has 2 aromatic carbocycles. The fourth-order valence-corrected chi connectivity index (χ4v) is 6.32. The molecule has 43 heavy (non-hydrogen) atoms. The Morgan fingerprint density at radius 1 is 1.12 bits per heavy atom. The number of carbonyl (C=O) groups excluding carboxylic acids is 2. The number of rotatable bonds is 7. The van der Waals surface area contributed by atoms with Gasteiger partial charge >= 0.3 is 6.18 Å². The SMILES string of the molecule is CC[C@H](c1ccc(C(=O)NCc2nn[nH]n2)cc1)N1C(=O)C(c2cccc(C(F)(F)F)c2)=NC12CCC(C(C)(C)C)CC2. The van der Waals surface area contributed by atoms with E-state index in [0.29, 0.717) is 36.6 Å². The van der Waals surface area contributed by atoms with E-state index < -0.39 is 17.4 Å². The molecule has 1 spiro atoms. The molecule has 1 saturated carbocycles. The molecule has 0 bridgehead atoms. The summed E-state index contributed by atoms with van der Waals surface area (Å²) in [6, 6.07) is 11.5. The average molecular weight is 596 g/mol. The number of tetrazole rings is 1. The van der Waals surface area contributed by atoms with Crippen molar-refractivity contribution in [1.29, 1.82) is 0 Å². The summed E-state index contributed by atoms with van der Waals surface area (Å²) in [5, 5.41) is 16.2. The first kappa shape index (κ1) is 30.4. The van der Waals surface area contributed by atoms with Gasteiger partial charge in [-0.2, -0.15) is 18.4 Å². The number of benzene rings is 2. The van der Waals surface area contributed by atoms with Gasteiger partial charge in [-0.25, -0.2) is 0 Å². The number of nitrogens with one attached hydrogen (secondary N) is 2. The lowest BCUT2D eigenvalue weighted by atomic mass is 9.69. The zero-order valence-electron chi connectivity index (χ0n) is 24.7. The molecule has 1 aliphatic heterocycles. The third kappa shape index (κ3) is 6.18. The van der Waals surface area contributed by atoms with Gasteiger partial charge in [-0.15, -0.1) is 10.2 Å². The molecule has 1 fully saturated rings. The highest BCUT2D eigenvalue weighted by molar-refractivity contribution is 6.46. The van der Waals surface area contributed by atoms with Crippen LogP contribution in [0.15, 0.2) is 53.5 Å². The minimum absolute atomic E-state index is 0.0659. The van der Waals surface area contributed by atoms with E-state index in [9.17, 15) is 22.8 Å². The van der Waals surface area contributed by atoms with E-state index in [1.807, 2.05) is 19.1 Å². The van der Waals surface area contributed by atoms with Crippen LogP contribution in [-0.2, 0) is 17.5 Å². The average Bonchev–Trinajstić information content (AvgIpc) is 3.59. The lowest BCUT2D eigenvalue weighted by Crippen LogP contribution is -2.51. The normalized spacial score (nSPS) is 21.7. The summed E-state index contributed by atoms with van der Waals surface area (Å²) >= 11 is 0. The lowest BCUT2D eigenvalue weighted by molar-refractivity contribution is -0.137. The highest BCUT2D eigenvalue weighted by atomic mass is 19.4. The van der Waals surface area contributed by atoms with Crippen molar-refractivity contribution in [2.24, 2.45) is 16.3 Å². The first-order valence-corrected chi connectivity index (χ1v) is 14.5. The quantitative estimate of drug-likeness (QED) is 0.355. The number of hydrogen-bond acceptors (Lipinski definition) is 6. The fourth-order valence-electron chi connectivity index (χ4n) is 6.32. The molecule has 1 aliphatic carbocycles. The highest BCUT2D eigenvalue weighted by Gasteiger charge is 2.52. The predicted molar refractivity (Wildman–Crippen MR) is 154 cm³/mol. The summed E-state index contributed by atoms with van der Waals surface area (Å²) in [6.45, 7) is 8.71. The Morgan fingerprint density at radius 3 is 2.40 bits per heavy atom. The molecule has 12 heteroatoms. The van der Waals surface area contributed by atoms with E-state index in [1.165, 1.54) is 12.1 Å². The molecule has 0 unspecified atom stereocenters. The van der Waals surface area contributed by atoms with E-state index in [0.717, 1.165) is 30.5 Å². The molecule has 2 heterocycles. The minimum Gasteiger partial charge on any atom is -0.345 e. The van der Waals surface area contributed by atoms with E-state index >= 15 is 0 Å². The number of alkyl halides is 3. The molecule has 5 rings (SSSR count). The van der Waals surface area contributed by atoms with Crippen molar-refractivity contribution < 1.29 is 22.8 Å². The maximum atomic E-state index is 14.2. The summed E-state index contributed by atoms with van der Waals surface area (Å²) in [7, 11) is 0. The molecular formula is C31H36F3N7O2. The summed E-state index contributed by atoms with van der Waals surface area (Å²) in [4.78, 5) is 33.7. The van der Waals surface area contributed by atoms with Crippen LogP contribution in [0.25, 0.3) is 0 Å². The lowest BCUT2D eigenvalue weighted by Gasteiger charge is -2.47. The van der Waals surface area contributed by atoms with Gasteiger partial charge in [-0.3, -0.25) is 14.6 Å². The Morgan fingerprint density at radius 2 is 1.81 bits per heavy atom. The van der Waals surface area contributed by atoms with E-state index in [2.05, 4.69) is 46.7 Å². The zero-order valence-corrected chi connectivity index (χ0v) is 24.7. The Labute approximate surface area is 248 Å². The molecule has 0 saturated heterocycles. The standard InChI is InChI=1S/C31H36F3N7O2/c1-5-24(19-9-11-20(12-10-19)27(42)35-18-25-37-39-40-38-25)41-28(43)26(21-7-6-8-23(17-21)31(32,33)34)36-30(41)15-13-22(14-16-30)29(2,3)4/h6-12,17,22,24H,5,13-16,18H2,1-4H3,(H,35,42)(H,37,38,39,40)/t22?,24-,30?/m1/s1. The topological polar surface area (TPSA) is 116 Å². The molecule has 2 amide bonds. The zero-order chi connectivity index (χ0) is 31.0. The molecule has 2 aliphatic rings. The van der Waals surface area contributed by atoms with Gasteiger partial charge in [0.1, 0.15) is 11.4 Å². The van der Waals surface area contributed by atoms with Crippen LogP contribution in [-0.4, -0.2) is 48.7 Å². The Bertz CT molecular complexity index is 1490. The first-order chi connectivity index (χ1) is 20.3. The molecule has 228 valence electrons. The van der Waals surface area contributed by atoms with Crippen LogP contribution >= 0.6 is 0 Å². The van der Waals surface area contributed by atoms with Crippen molar-refractivity contribution in [2.45, 2.75) is 84.2 Å². The van der Waals surface area contributed by atoms with E-state index in [4.69, 9.17) is 4.99 Å². The molecule has 0 radical (unpaired) electrons.